The van der Waals surface area contributed by atoms with Gasteiger partial charge >= 0.3 is 0 Å². The maximum Gasteiger partial charge on any atom is 0.125 e. The molecule has 0 fully saturated rings. The molecule has 2 rings (SSSR count). The molecule has 0 radical (unpaired) electrons. The van der Waals surface area contributed by atoms with Crippen LogP contribution in [-0.4, -0.2) is 0 Å². The van der Waals surface area contributed by atoms with E-state index in [1.165, 1.54) is 12.1 Å². The maximum absolute atomic E-state index is 13.0. The molecule has 0 N–H and O–H groups in total. The van der Waals surface area contributed by atoms with Gasteiger partial charge in [0.05, 0.1) is 0 Å². The molecule has 0 bridgehead atoms. The van der Waals surface area contributed by atoms with Crippen molar-refractivity contribution in [3.63, 3.8) is 0 Å². The van der Waals surface area contributed by atoms with Crippen molar-refractivity contribution >= 4 is 17.2 Å². The van der Waals surface area contributed by atoms with E-state index in [1.54, 1.807) is 0 Å². The molecule has 68 valence electrons. The first-order valence-corrected chi connectivity index (χ1v) is 4.64. The zero-order valence-electron chi connectivity index (χ0n) is 7.40. The van der Waals surface area contributed by atoms with Crippen molar-refractivity contribution in [1.82, 2.24) is 0 Å². The van der Waals surface area contributed by atoms with E-state index in [2.05, 4.69) is 13.5 Å². The third-order valence-corrected chi connectivity index (χ3v) is 2.95. The highest BCUT2D eigenvalue weighted by Gasteiger charge is 2.24. The van der Waals surface area contributed by atoms with Gasteiger partial charge < -0.3 is 0 Å². The van der Waals surface area contributed by atoms with E-state index >= 15 is 0 Å². The van der Waals surface area contributed by atoms with Gasteiger partial charge in [0.1, 0.15) is 5.82 Å². The lowest BCUT2D eigenvalue weighted by atomic mass is 10.0. The highest BCUT2D eigenvalue weighted by atomic mass is 35.5. The summed E-state index contributed by atoms with van der Waals surface area (Å²) in [4.78, 5) is 0. The molecule has 0 nitrogen and oxygen atoms in total. The SMILES string of the molecule is C=C1c2cc(F)cc(Cl)c2CC1C. The number of hydrogen-bond donors (Lipinski definition) is 0. The van der Waals surface area contributed by atoms with Crippen LogP contribution in [0.25, 0.3) is 5.57 Å². The molecule has 2 heteroatoms. The van der Waals surface area contributed by atoms with Crippen LogP contribution in [0.4, 0.5) is 4.39 Å². The Balaban J connectivity index is 2.64. The summed E-state index contributed by atoms with van der Waals surface area (Å²) in [5, 5.41) is 0.528. The molecule has 0 saturated carbocycles. The normalized spacial score (nSPS) is 20.5. The van der Waals surface area contributed by atoms with Crippen molar-refractivity contribution in [2.45, 2.75) is 13.3 Å². The zero-order chi connectivity index (χ0) is 9.59. The van der Waals surface area contributed by atoms with Crippen LogP contribution in [0.3, 0.4) is 0 Å². The van der Waals surface area contributed by atoms with E-state index in [4.69, 9.17) is 11.6 Å². The predicted octanol–water partition coefficient (Wildman–Crippen LogP) is 3.68. The Kier molecular flexibility index (Phi) is 1.92. The van der Waals surface area contributed by atoms with E-state index < -0.39 is 0 Å². The number of fused-ring (bicyclic) bond motifs is 1. The van der Waals surface area contributed by atoms with Crippen LogP contribution in [0, 0.1) is 11.7 Å². The maximum atomic E-state index is 13.0. The Morgan fingerprint density at radius 3 is 2.92 bits per heavy atom. The van der Waals surface area contributed by atoms with Gasteiger partial charge in [-0.1, -0.05) is 25.1 Å². The van der Waals surface area contributed by atoms with E-state index in [1.807, 2.05) is 0 Å². The van der Waals surface area contributed by atoms with Crippen LogP contribution in [0.2, 0.25) is 5.02 Å². The van der Waals surface area contributed by atoms with Gasteiger partial charge in [0, 0.05) is 5.02 Å². The molecular weight excluding hydrogens is 187 g/mol. The summed E-state index contributed by atoms with van der Waals surface area (Å²) in [6.07, 6.45) is 0.882. The van der Waals surface area contributed by atoms with Crippen LogP contribution in [0.15, 0.2) is 18.7 Å². The van der Waals surface area contributed by atoms with Gasteiger partial charge in [0.2, 0.25) is 0 Å². The fourth-order valence-electron chi connectivity index (χ4n) is 1.79. The molecule has 1 aromatic carbocycles. The third kappa shape index (κ3) is 1.28. The molecule has 1 atom stereocenters. The number of halogens is 2. The molecule has 13 heavy (non-hydrogen) atoms. The van der Waals surface area contributed by atoms with Crippen molar-refractivity contribution in [3.8, 4) is 0 Å². The van der Waals surface area contributed by atoms with Gasteiger partial charge in [-0.25, -0.2) is 4.39 Å². The molecule has 0 amide bonds. The summed E-state index contributed by atoms with van der Waals surface area (Å²) in [7, 11) is 0. The first kappa shape index (κ1) is 8.76. The van der Waals surface area contributed by atoms with Gasteiger partial charge in [-0.3, -0.25) is 0 Å². The van der Waals surface area contributed by atoms with Crippen LogP contribution >= 0.6 is 11.6 Å². The van der Waals surface area contributed by atoms with Gasteiger partial charge in [-0.15, -0.1) is 0 Å². The molecule has 0 saturated heterocycles. The molecule has 1 aliphatic carbocycles. The second-order valence-corrected chi connectivity index (χ2v) is 3.95. The van der Waals surface area contributed by atoms with Crippen molar-refractivity contribution in [1.29, 1.82) is 0 Å². The van der Waals surface area contributed by atoms with E-state index in [9.17, 15) is 4.39 Å². The van der Waals surface area contributed by atoms with Gasteiger partial charge in [-0.05, 0) is 41.2 Å². The highest BCUT2D eigenvalue weighted by molar-refractivity contribution is 6.31. The fraction of sp³-hybridized carbons (Fsp3) is 0.273. The first-order valence-electron chi connectivity index (χ1n) is 4.26. The Bertz CT molecular complexity index is 382. The van der Waals surface area contributed by atoms with Gasteiger partial charge in [0.25, 0.3) is 0 Å². The van der Waals surface area contributed by atoms with Crippen LogP contribution in [0.5, 0.6) is 0 Å². The predicted molar refractivity (Wildman–Crippen MR) is 53.3 cm³/mol. The average molecular weight is 197 g/mol. The Hall–Kier alpha value is -0.820. The molecule has 0 aromatic heterocycles. The van der Waals surface area contributed by atoms with E-state index in [0.717, 1.165) is 23.1 Å². The molecule has 0 heterocycles. The smallest absolute Gasteiger partial charge is 0.125 e. The Morgan fingerprint density at radius 1 is 1.54 bits per heavy atom. The van der Waals surface area contributed by atoms with Gasteiger partial charge in [-0.2, -0.15) is 0 Å². The van der Waals surface area contributed by atoms with Crippen LogP contribution in [0.1, 0.15) is 18.1 Å². The lowest BCUT2D eigenvalue weighted by Crippen LogP contribution is -1.88. The number of rotatable bonds is 0. The summed E-state index contributed by atoms with van der Waals surface area (Å²) in [6, 6.07) is 2.89. The highest BCUT2D eigenvalue weighted by Crippen LogP contribution is 2.39. The lowest BCUT2D eigenvalue weighted by molar-refractivity contribution is 0.627. The van der Waals surface area contributed by atoms with Gasteiger partial charge in [0.15, 0.2) is 0 Å². The second-order valence-electron chi connectivity index (χ2n) is 3.54. The molecule has 0 aliphatic heterocycles. The van der Waals surface area contributed by atoms with Crippen molar-refractivity contribution < 1.29 is 4.39 Å². The molecular formula is C11H10ClF. The first-order chi connectivity index (χ1) is 6.09. The molecule has 1 aromatic rings. The van der Waals surface area contributed by atoms with E-state index in [0.29, 0.717) is 10.9 Å². The standard InChI is InChI=1S/C11H10ClF/c1-6-3-10-9(7(6)2)4-8(13)5-11(10)12/h4-6H,2-3H2,1H3. The van der Waals surface area contributed by atoms with Crippen molar-refractivity contribution in [2.24, 2.45) is 5.92 Å². The average Bonchev–Trinajstić information content (AvgIpc) is 2.32. The third-order valence-electron chi connectivity index (χ3n) is 2.61. The fourth-order valence-corrected chi connectivity index (χ4v) is 2.08. The summed E-state index contributed by atoms with van der Waals surface area (Å²) in [5.74, 6) is 0.105. The van der Waals surface area contributed by atoms with Crippen molar-refractivity contribution in [3.05, 3.63) is 40.7 Å². The largest absolute Gasteiger partial charge is 0.207 e. The zero-order valence-corrected chi connectivity index (χ0v) is 8.16. The summed E-state index contributed by atoms with van der Waals surface area (Å²) >= 11 is 5.92. The topological polar surface area (TPSA) is 0 Å². The molecule has 0 spiro atoms. The lowest BCUT2D eigenvalue weighted by Gasteiger charge is -2.02. The number of allylic oxidation sites excluding steroid dienone is 1. The summed E-state index contributed by atoms with van der Waals surface area (Å²) < 4.78 is 13.0. The quantitative estimate of drug-likeness (QED) is 0.594. The summed E-state index contributed by atoms with van der Waals surface area (Å²) in [5.41, 5.74) is 2.94. The monoisotopic (exact) mass is 196 g/mol. The van der Waals surface area contributed by atoms with Crippen molar-refractivity contribution in [2.75, 3.05) is 0 Å². The minimum absolute atomic E-state index is 0.279. The Labute approximate surface area is 82.0 Å². The molecule has 1 unspecified atom stereocenters. The Morgan fingerprint density at radius 2 is 2.23 bits per heavy atom. The van der Waals surface area contributed by atoms with Crippen LogP contribution in [-0.2, 0) is 6.42 Å². The minimum atomic E-state index is -0.279. The van der Waals surface area contributed by atoms with E-state index in [-0.39, 0.29) is 5.82 Å². The number of hydrogen-bond acceptors (Lipinski definition) is 0. The minimum Gasteiger partial charge on any atom is -0.207 e. The second kappa shape index (κ2) is 2.85. The summed E-state index contributed by atoms with van der Waals surface area (Å²) in [6.45, 7) is 6.01. The molecule has 1 aliphatic rings. The van der Waals surface area contributed by atoms with Crippen LogP contribution < -0.4 is 0 Å². The number of benzene rings is 1.